The summed E-state index contributed by atoms with van der Waals surface area (Å²) in [5, 5.41) is 0. The van der Waals surface area contributed by atoms with E-state index in [2.05, 4.69) is 36.8 Å². The van der Waals surface area contributed by atoms with Gasteiger partial charge in [0, 0.05) is 36.1 Å². The molecule has 0 saturated carbocycles. The minimum Gasteiger partial charge on any atom is -0.496 e. The summed E-state index contributed by atoms with van der Waals surface area (Å²) in [6.45, 7) is 6.24. The molecule has 0 saturated heterocycles. The standard InChI is InChI=1S/C20H22N2O2/c1-6-14-10-19(24-5)16(11-18(14)23-4)17-12-22(3)13(2)20-15(17)8-7-9-21-20/h7-12H,2,6H2,1,3-5H3. The third kappa shape index (κ3) is 2.54. The van der Waals surface area contributed by atoms with E-state index in [1.807, 2.05) is 24.1 Å². The Bertz CT molecular complexity index is 824. The van der Waals surface area contributed by atoms with Crippen LogP contribution in [0.15, 0.2) is 43.2 Å². The summed E-state index contributed by atoms with van der Waals surface area (Å²) in [7, 11) is 5.37. The van der Waals surface area contributed by atoms with Crippen LogP contribution in [0, 0.1) is 0 Å². The molecule has 0 spiro atoms. The van der Waals surface area contributed by atoms with Crippen molar-refractivity contribution in [3.63, 3.8) is 0 Å². The van der Waals surface area contributed by atoms with E-state index in [0.717, 1.165) is 51.6 Å². The maximum atomic E-state index is 5.66. The Balaban J connectivity index is 2.25. The summed E-state index contributed by atoms with van der Waals surface area (Å²) in [4.78, 5) is 6.49. The minimum atomic E-state index is 0.828. The van der Waals surface area contributed by atoms with E-state index < -0.39 is 0 Å². The monoisotopic (exact) mass is 322 g/mol. The van der Waals surface area contributed by atoms with Crippen LogP contribution < -0.4 is 9.47 Å². The van der Waals surface area contributed by atoms with Crippen molar-refractivity contribution in [2.75, 3.05) is 21.3 Å². The first-order valence-corrected chi connectivity index (χ1v) is 7.95. The van der Waals surface area contributed by atoms with E-state index >= 15 is 0 Å². The summed E-state index contributed by atoms with van der Waals surface area (Å²) < 4.78 is 11.2. The van der Waals surface area contributed by atoms with Crippen LogP contribution in [0.3, 0.4) is 0 Å². The molecular weight excluding hydrogens is 300 g/mol. The molecule has 24 heavy (non-hydrogen) atoms. The molecule has 2 heterocycles. The fraction of sp³-hybridized carbons (Fsp3) is 0.250. The number of hydrogen-bond acceptors (Lipinski definition) is 4. The maximum Gasteiger partial charge on any atom is 0.127 e. The van der Waals surface area contributed by atoms with Gasteiger partial charge in [0.15, 0.2) is 0 Å². The van der Waals surface area contributed by atoms with Crippen LogP contribution in [0.25, 0.3) is 11.3 Å². The molecule has 1 aliphatic heterocycles. The van der Waals surface area contributed by atoms with Crippen molar-refractivity contribution in [2.45, 2.75) is 13.3 Å². The smallest absolute Gasteiger partial charge is 0.127 e. The van der Waals surface area contributed by atoms with Gasteiger partial charge in [-0.2, -0.15) is 0 Å². The lowest BCUT2D eigenvalue weighted by atomic mass is 9.91. The first-order chi connectivity index (χ1) is 11.6. The zero-order chi connectivity index (χ0) is 17.3. The molecule has 124 valence electrons. The molecule has 0 bridgehead atoms. The summed E-state index contributed by atoms with van der Waals surface area (Å²) >= 11 is 0. The predicted molar refractivity (Wildman–Crippen MR) is 97.0 cm³/mol. The van der Waals surface area contributed by atoms with Crippen LogP contribution >= 0.6 is 0 Å². The normalized spacial score (nSPS) is 13.4. The van der Waals surface area contributed by atoms with Gasteiger partial charge in [-0.3, -0.25) is 4.98 Å². The van der Waals surface area contributed by atoms with Crippen molar-refractivity contribution in [3.8, 4) is 11.5 Å². The van der Waals surface area contributed by atoms with E-state index in [1.54, 1.807) is 20.4 Å². The van der Waals surface area contributed by atoms with Gasteiger partial charge >= 0.3 is 0 Å². The van der Waals surface area contributed by atoms with E-state index in [-0.39, 0.29) is 0 Å². The molecule has 0 fully saturated rings. The average molecular weight is 322 g/mol. The molecule has 0 N–H and O–H groups in total. The Hall–Kier alpha value is -2.75. The molecule has 3 rings (SSSR count). The topological polar surface area (TPSA) is 34.6 Å². The highest BCUT2D eigenvalue weighted by Crippen LogP contribution is 2.41. The molecule has 4 heteroatoms. The second-order valence-corrected chi connectivity index (χ2v) is 5.72. The Labute approximate surface area is 143 Å². The molecular formula is C20H22N2O2. The summed E-state index contributed by atoms with van der Waals surface area (Å²) in [6.07, 6.45) is 4.74. The van der Waals surface area contributed by atoms with Crippen LogP contribution in [0.4, 0.5) is 0 Å². The van der Waals surface area contributed by atoms with Crippen molar-refractivity contribution >= 4 is 11.3 Å². The molecule has 4 nitrogen and oxygen atoms in total. The zero-order valence-electron chi connectivity index (χ0n) is 14.6. The Kier molecular flexibility index (Phi) is 4.30. The van der Waals surface area contributed by atoms with Gasteiger partial charge in [0.2, 0.25) is 0 Å². The molecule has 0 amide bonds. The van der Waals surface area contributed by atoms with Crippen LogP contribution in [0.1, 0.15) is 29.3 Å². The van der Waals surface area contributed by atoms with Gasteiger partial charge in [-0.05, 0) is 30.2 Å². The molecule has 1 aromatic heterocycles. The summed E-state index contributed by atoms with van der Waals surface area (Å²) in [5.74, 6) is 1.70. The van der Waals surface area contributed by atoms with Gasteiger partial charge in [-0.1, -0.05) is 19.6 Å². The lowest BCUT2D eigenvalue weighted by Crippen LogP contribution is -2.17. The van der Waals surface area contributed by atoms with Gasteiger partial charge in [0.05, 0.1) is 25.6 Å². The first kappa shape index (κ1) is 16.1. The van der Waals surface area contributed by atoms with E-state index in [4.69, 9.17) is 9.47 Å². The second kappa shape index (κ2) is 6.40. The van der Waals surface area contributed by atoms with Gasteiger partial charge in [-0.25, -0.2) is 0 Å². The second-order valence-electron chi connectivity index (χ2n) is 5.72. The van der Waals surface area contributed by atoms with Crippen molar-refractivity contribution < 1.29 is 9.47 Å². The zero-order valence-corrected chi connectivity index (χ0v) is 14.6. The molecule has 0 atom stereocenters. The fourth-order valence-electron chi connectivity index (χ4n) is 3.02. The lowest BCUT2D eigenvalue weighted by Gasteiger charge is -2.28. The number of aryl methyl sites for hydroxylation is 1. The molecule has 1 aromatic carbocycles. The van der Waals surface area contributed by atoms with Crippen LogP contribution in [0.2, 0.25) is 0 Å². The van der Waals surface area contributed by atoms with Crippen LogP contribution in [-0.2, 0) is 6.42 Å². The van der Waals surface area contributed by atoms with Gasteiger partial charge in [-0.15, -0.1) is 0 Å². The van der Waals surface area contributed by atoms with Crippen LogP contribution in [-0.4, -0.2) is 31.2 Å². The predicted octanol–water partition coefficient (Wildman–Crippen LogP) is 3.97. The SMILES string of the molecule is C=C1c2ncccc2C(c2cc(OC)c(CC)cc2OC)=CN1C. The van der Waals surface area contributed by atoms with E-state index in [9.17, 15) is 0 Å². The van der Waals surface area contributed by atoms with E-state index in [1.165, 1.54) is 0 Å². The number of pyridine rings is 1. The number of nitrogens with zero attached hydrogens (tertiary/aromatic N) is 2. The molecule has 0 radical (unpaired) electrons. The highest BCUT2D eigenvalue weighted by atomic mass is 16.5. The summed E-state index contributed by atoms with van der Waals surface area (Å²) in [5.41, 5.74) is 5.97. The maximum absolute atomic E-state index is 5.66. The Morgan fingerprint density at radius 1 is 1.12 bits per heavy atom. The minimum absolute atomic E-state index is 0.828. The van der Waals surface area contributed by atoms with Crippen molar-refractivity contribution in [1.29, 1.82) is 0 Å². The van der Waals surface area contributed by atoms with Gasteiger partial charge in [0.25, 0.3) is 0 Å². The number of fused-ring (bicyclic) bond motifs is 1. The van der Waals surface area contributed by atoms with Crippen molar-refractivity contribution in [2.24, 2.45) is 0 Å². The largest absolute Gasteiger partial charge is 0.496 e. The Morgan fingerprint density at radius 3 is 2.54 bits per heavy atom. The average Bonchev–Trinajstić information content (AvgIpc) is 2.63. The number of ether oxygens (including phenoxy) is 2. The highest BCUT2D eigenvalue weighted by molar-refractivity contribution is 5.91. The Morgan fingerprint density at radius 2 is 1.88 bits per heavy atom. The van der Waals surface area contributed by atoms with Crippen LogP contribution in [0.5, 0.6) is 11.5 Å². The first-order valence-electron chi connectivity index (χ1n) is 7.95. The van der Waals surface area contributed by atoms with Gasteiger partial charge < -0.3 is 14.4 Å². The molecule has 0 unspecified atom stereocenters. The number of aromatic nitrogens is 1. The number of rotatable bonds is 4. The summed E-state index contributed by atoms with van der Waals surface area (Å²) in [6, 6.07) is 8.10. The fourth-order valence-corrected chi connectivity index (χ4v) is 3.02. The number of methoxy groups -OCH3 is 2. The van der Waals surface area contributed by atoms with E-state index in [0.29, 0.717) is 0 Å². The highest BCUT2D eigenvalue weighted by Gasteiger charge is 2.24. The molecule has 0 aliphatic carbocycles. The molecule has 2 aromatic rings. The van der Waals surface area contributed by atoms with Crippen molar-refractivity contribution in [3.05, 3.63) is 65.6 Å². The quantitative estimate of drug-likeness (QED) is 0.853. The third-order valence-corrected chi connectivity index (χ3v) is 4.39. The lowest BCUT2D eigenvalue weighted by molar-refractivity contribution is 0.398. The number of benzene rings is 1. The van der Waals surface area contributed by atoms with Crippen molar-refractivity contribution in [1.82, 2.24) is 9.88 Å². The number of hydrogen-bond donors (Lipinski definition) is 0. The third-order valence-electron chi connectivity index (χ3n) is 4.39. The molecule has 1 aliphatic rings. The van der Waals surface area contributed by atoms with Gasteiger partial charge in [0.1, 0.15) is 11.5 Å².